The molecule has 2 heterocycles. The van der Waals surface area contributed by atoms with E-state index in [0.717, 1.165) is 6.54 Å². The molecule has 0 bridgehead atoms. The lowest BCUT2D eigenvalue weighted by atomic mass is 9.67. The van der Waals surface area contributed by atoms with Crippen LogP contribution in [0.4, 0.5) is 0 Å². The molecule has 0 amide bonds. The highest BCUT2D eigenvalue weighted by Crippen LogP contribution is 2.43. The van der Waals surface area contributed by atoms with Crippen LogP contribution < -0.4 is 15.4 Å². The van der Waals surface area contributed by atoms with E-state index >= 15 is 0 Å². The Kier molecular flexibility index (Phi) is 8.61. The van der Waals surface area contributed by atoms with Gasteiger partial charge in [0.15, 0.2) is 0 Å². The molecule has 1 aromatic heterocycles. The summed E-state index contributed by atoms with van der Waals surface area (Å²) in [5, 5.41) is 14.5. The van der Waals surface area contributed by atoms with Crippen molar-refractivity contribution in [1.29, 1.82) is 0 Å². The lowest BCUT2D eigenvalue weighted by Crippen LogP contribution is -2.43. The minimum absolute atomic E-state index is 0. The number of piperidine rings is 1. The van der Waals surface area contributed by atoms with Gasteiger partial charge in [-0.15, -0.1) is 24.8 Å². The second kappa shape index (κ2) is 9.67. The predicted molar refractivity (Wildman–Crippen MR) is 93.8 cm³/mol. The van der Waals surface area contributed by atoms with E-state index in [0.29, 0.717) is 29.6 Å². The summed E-state index contributed by atoms with van der Waals surface area (Å²) in [6.45, 7) is 5.71. The average molecular weight is 367 g/mol. The van der Waals surface area contributed by atoms with Gasteiger partial charge in [0.25, 0.3) is 5.88 Å². The van der Waals surface area contributed by atoms with Crippen LogP contribution >= 0.6 is 24.8 Å². The van der Waals surface area contributed by atoms with Crippen LogP contribution in [0.25, 0.3) is 0 Å². The molecule has 134 valence electrons. The molecule has 3 rings (SSSR count). The van der Waals surface area contributed by atoms with E-state index < -0.39 is 0 Å². The molecule has 6 nitrogen and oxygen atoms in total. The molecule has 1 aromatic rings. The summed E-state index contributed by atoms with van der Waals surface area (Å²) in [4.78, 5) is 0. The molecule has 0 unspecified atom stereocenters. The van der Waals surface area contributed by atoms with Gasteiger partial charge in [-0.25, -0.2) is 4.63 Å². The van der Waals surface area contributed by atoms with Crippen LogP contribution in [0.3, 0.4) is 0 Å². The zero-order valence-corrected chi connectivity index (χ0v) is 15.3. The molecule has 8 heteroatoms. The highest BCUT2D eigenvalue weighted by atomic mass is 35.5. The van der Waals surface area contributed by atoms with Crippen LogP contribution in [0.15, 0.2) is 4.63 Å². The molecule has 0 radical (unpaired) electrons. The summed E-state index contributed by atoms with van der Waals surface area (Å²) < 4.78 is 10.1. The van der Waals surface area contributed by atoms with Crippen molar-refractivity contribution in [2.45, 2.75) is 51.5 Å². The SMILES string of the molecule is Cc1nonc1OCCNC1CCC2(CCNCC2)CC1.Cl.Cl. The Morgan fingerprint density at radius 3 is 2.48 bits per heavy atom. The van der Waals surface area contributed by atoms with E-state index in [1.807, 2.05) is 6.92 Å². The summed E-state index contributed by atoms with van der Waals surface area (Å²) >= 11 is 0. The summed E-state index contributed by atoms with van der Waals surface area (Å²) in [5.41, 5.74) is 1.35. The van der Waals surface area contributed by atoms with Crippen molar-refractivity contribution in [2.24, 2.45) is 5.41 Å². The highest BCUT2D eigenvalue weighted by Gasteiger charge is 2.35. The third kappa shape index (κ3) is 5.48. The summed E-state index contributed by atoms with van der Waals surface area (Å²) in [6, 6.07) is 0.644. The number of nitrogens with one attached hydrogen (secondary N) is 2. The summed E-state index contributed by atoms with van der Waals surface area (Å²) in [6.07, 6.45) is 8.07. The molecule has 1 aliphatic carbocycles. The van der Waals surface area contributed by atoms with Gasteiger partial charge < -0.3 is 15.4 Å². The molecule has 1 saturated carbocycles. The second-order valence-corrected chi connectivity index (χ2v) is 6.48. The zero-order chi connectivity index (χ0) is 14.5. The van der Waals surface area contributed by atoms with Gasteiger partial charge in [0.1, 0.15) is 12.3 Å². The van der Waals surface area contributed by atoms with Crippen LogP contribution in [0.2, 0.25) is 0 Å². The maximum Gasteiger partial charge on any atom is 0.278 e. The Morgan fingerprint density at radius 1 is 1.17 bits per heavy atom. The van der Waals surface area contributed by atoms with Crippen molar-refractivity contribution in [3.05, 3.63) is 5.69 Å². The molecular weight excluding hydrogens is 339 g/mol. The molecule has 2 N–H and O–H groups in total. The Hall–Kier alpha value is -0.560. The van der Waals surface area contributed by atoms with Crippen molar-refractivity contribution < 1.29 is 9.37 Å². The van der Waals surface area contributed by atoms with Crippen LogP contribution in [0.5, 0.6) is 5.88 Å². The van der Waals surface area contributed by atoms with Crippen molar-refractivity contribution in [2.75, 3.05) is 26.2 Å². The molecule has 2 aliphatic rings. The number of nitrogens with zero attached hydrogens (tertiary/aromatic N) is 2. The topological polar surface area (TPSA) is 72.2 Å². The van der Waals surface area contributed by atoms with Gasteiger partial charge >= 0.3 is 0 Å². The van der Waals surface area contributed by atoms with Gasteiger partial charge in [0.2, 0.25) is 0 Å². The number of rotatable bonds is 5. The third-order valence-corrected chi connectivity index (χ3v) is 5.10. The lowest BCUT2D eigenvalue weighted by Gasteiger charge is -2.43. The first-order valence-corrected chi connectivity index (χ1v) is 8.14. The largest absolute Gasteiger partial charge is 0.473 e. The molecule has 1 spiro atoms. The molecular formula is C15H28Cl2N4O2. The van der Waals surface area contributed by atoms with Crippen molar-refractivity contribution >= 4 is 24.8 Å². The normalized spacial score (nSPS) is 20.6. The van der Waals surface area contributed by atoms with Gasteiger partial charge in [-0.2, -0.15) is 0 Å². The lowest BCUT2D eigenvalue weighted by molar-refractivity contribution is 0.114. The van der Waals surface area contributed by atoms with Gasteiger partial charge in [-0.05, 0) is 69.1 Å². The molecule has 23 heavy (non-hydrogen) atoms. The third-order valence-electron chi connectivity index (χ3n) is 5.10. The maximum atomic E-state index is 5.54. The molecule has 0 aromatic carbocycles. The van der Waals surface area contributed by atoms with Crippen molar-refractivity contribution in [3.8, 4) is 5.88 Å². The number of aromatic nitrogens is 2. The van der Waals surface area contributed by atoms with Crippen LogP contribution in [0.1, 0.15) is 44.2 Å². The van der Waals surface area contributed by atoms with Crippen molar-refractivity contribution in [1.82, 2.24) is 20.9 Å². The second-order valence-electron chi connectivity index (χ2n) is 6.48. The minimum atomic E-state index is 0. The van der Waals surface area contributed by atoms with E-state index in [1.54, 1.807) is 0 Å². The standard InChI is InChI=1S/C15H26N4O2.2ClH/c1-12-14(19-21-18-12)20-11-10-17-13-2-4-15(5-3-13)6-8-16-9-7-15;;/h13,16-17H,2-11H2,1H3;2*1H. The molecule has 2 fully saturated rings. The average Bonchev–Trinajstić information content (AvgIpc) is 2.92. The fourth-order valence-corrected chi connectivity index (χ4v) is 3.66. The number of halogens is 2. The van der Waals surface area contributed by atoms with Crippen LogP contribution in [-0.2, 0) is 0 Å². The van der Waals surface area contributed by atoms with Gasteiger partial charge in [0.05, 0.1) is 0 Å². The minimum Gasteiger partial charge on any atom is -0.473 e. The fourth-order valence-electron chi connectivity index (χ4n) is 3.66. The summed E-state index contributed by atoms with van der Waals surface area (Å²) in [7, 11) is 0. The quantitative estimate of drug-likeness (QED) is 0.780. The van der Waals surface area contributed by atoms with Crippen LogP contribution in [-0.4, -0.2) is 42.6 Å². The molecule has 0 atom stereocenters. The molecule has 1 aliphatic heterocycles. The van der Waals surface area contributed by atoms with E-state index in [1.165, 1.54) is 51.6 Å². The first-order chi connectivity index (χ1) is 10.3. The number of aryl methyl sites for hydroxylation is 1. The van der Waals surface area contributed by atoms with Gasteiger partial charge in [0, 0.05) is 12.6 Å². The predicted octanol–water partition coefficient (Wildman–Crippen LogP) is 2.50. The van der Waals surface area contributed by atoms with Crippen molar-refractivity contribution in [3.63, 3.8) is 0 Å². The first-order valence-electron chi connectivity index (χ1n) is 8.14. The first kappa shape index (κ1) is 20.5. The van der Waals surface area contributed by atoms with E-state index in [4.69, 9.17) is 4.74 Å². The van der Waals surface area contributed by atoms with E-state index in [-0.39, 0.29) is 24.8 Å². The number of hydrogen-bond acceptors (Lipinski definition) is 6. The van der Waals surface area contributed by atoms with E-state index in [9.17, 15) is 0 Å². The Bertz CT molecular complexity index is 442. The summed E-state index contributed by atoms with van der Waals surface area (Å²) in [5.74, 6) is 0.508. The number of hydrogen-bond donors (Lipinski definition) is 2. The van der Waals surface area contributed by atoms with Gasteiger partial charge in [-0.3, -0.25) is 0 Å². The van der Waals surface area contributed by atoms with Crippen LogP contribution in [0, 0.1) is 12.3 Å². The monoisotopic (exact) mass is 366 g/mol. The Balaban J connectivity index is 0.00000132. The van der Waals surface area contributed by atoms with Gasteiger partial charge in [-0.1, -0.05) is 5.16 Å². The Morgan fingerprint density at radius 2 is 1.87 bits per heavy atom. The maximum absolute atomic E-state index is 5.54. The fraction of sp³-hybridized carbons (Fsp3) is 0.867. The zero-order valence-electron chi connectivity index (χ0n) is 13.7. The Labute approximate surface area is 150 Å². The van der Waals surface area contributed by atoms with E-state index in [2.05, 4.69) is 25.6 Å². The molecule has 1 saturated heterocycles. The number of ether oxygens (including phenoxy) is 1. The highest BCUT2D eigenvalue weighted by molar-refractivity contribution is 5.85. The smallest absolute Gasteiger partial charge is 0.278 e.